The Hall–Kier alpha value is -1.53. The summed E-state index contributed by atoms with van der Waals surface area (Å²) in [5, 5.41) is 0. The van der Waals surface area contributed by atoms with Crippen LogP contribution in [0.2, 0.25) is 0 Å². The highest BCUT2D eigenvalue weighted by molar-refractivity contribution is 7.48. The van der Waals surface area contributed by atoms with Gasteiger partial charge < -0.3 is 9.05 Å². The molecule has 0 aromatic heterocycles. The van der Waals surface area contributed by atoms with E-state index >= 15 is 0 Å². The molecule has 0 heterocycles. The maximum atomic E-state index is 5.92. The summed E-state index contributed by atoms with van der Waals surface area (Å²) in [7, 11) is -0.972. The van der Waals surface area contributed by atoms with Gasteiger partial charge in [0.1, 0.15) is 11.5 Å². The highest BCUT2D eigenvalue weighted by Crippen LogP contribution is 2.44. The smallest absolute Gasteiger partial charge is 0.293 e. The molecule has 2 nitrogen and oxygen atoms in total. The molecule has 0 amide bonds. The van der Waals surface area contributed by atoms with Crippen molar-refractivity contribution in [3.8, 4) is 11.5 Å². The fraction of sp³-hybridized carbons (Fsp3) is 0.200. The third-order valence-corrected chi connectivity index (χ3v) is 3.92. The number of hydrogen-bond donors (Lipinski definition) is 0. The van der Waals surface area contributed by atoms with Crippen LogP contribution < -0.4 is 9.05 Å². The lowest BCUT2D eigenvalue weighted by Crippen LogP contribution is -2.05. The molecule has 2 aromatic carbocycles. The first-order valence-corrected chi connectivity index (χ1v) is 7.25. The van der Waals surface area contributed by atoms with Crippen molar-refractivity contribution in [1.82, 2.24) is 0 Å². The number of hydrogen-bond acceptors (Lipinski definition) is 2. The second-order valence-electron chi connectivity index (χ2n) is 4.19. The zero-order valence-corrected chi connectivity index (χ0v) is 11.5. The number of rotatable bonds is 5. The van der Waals surface area contributed by atoms with Crippen LogP contribution in [0.4, 0.5) is 0 Å². The fourth-order valence-electron chi connectivity index (χ4n) is 1.40. The molecular formula is C15H17O2P. The highest BCUT2D eigenvalue weighted by atomic mass is 31.2. The summed E-state index contributed by atoms with van der Waals surface area (Å²) in [5.74, 6) is 1.71. The van der Waals surface area contributed by atoms with E-state index in [1.54, 1.807) is 0 Å². The molecule has 0 atom stereocenters. The molecule has 0 aliphatic carbocycles. The van der Waals surface area contributed by atoms with E-state index in [-0.39, 0.29) is 0 Å². The summed E-state index contributed by atoms with van der Waals surface area (Å²) in [6.45, 7) is 4.22. The molecule has 0 spiro atoms. The monoisotopic (exact) mass is 260 g/mol. The van der Waals surface area contributed by atoms with Crippen LogP contribution in [-0.4, -0.2) is 5.66 Å². The molecule has 0 aliphatic rings. The third kappa shape index (κ3) is 3.75. The van der Waals surface area contributed by atoms with Crippen molar-refractivity contribution < 1.29 is 9.05 Å². The molecule has 0 saturated carbocycles. The Morgan fingerprint density at radius 2 is 1.11 bits per heavy atom. The Morgan fingerprint density at radius 3 is 1.44 bits per heavy atom. The second kappa shape index (κ2) is 6.42. The van der Waals surface area contributed by atoms with E-state index in [4.69, 9.17) is 9.05 Å². The Kier molecular flexibility index (Phi) is 4.60. The maximum Gasteiger partial charge on any atom is 0.293 e. The van der Waals surface area contributed by atoms with E-state index in [9.17, 15) is 0 Å². The van der Waals surface area contributed by atoms with Gasteiger partial charge in [-0.15, -0.1) is 0 Å². The van der Waals surface area contributed by atoms with Crippen molar-refractivity contribution in [3.63, 3.8) is 0 Å². The van der Waals surface area contributed by atoms with E-state index in [2.05, 4.69) is 13.8 Å². The quantitative estimate of drug-likeness (QED) is 0.714. The van der Waals surface area contributed by atoms with Crippen molar-refractivity contribution in [2.75, 3.05) is 0 Å². The van der Waals surface area contributed by atoms with E-state index in [0.717, 1.165) is 11.5 Å². The van der Waals surface area contributed by atoms with Crippen LogP contribution >= 0.6 is 8.38 Å². The van der Waals surface area contributed by atoms with Gasteiger partial charge in [-0.3, -0.25) is 0 Å². The average molecular weight is 260 g/mol. The second-order valence-corrected chi connectivity index (χ2v) is 6.16. The van der Waals surface area contributed by atoms with Crippen LogP contribution in [0.15, 0.2) is 60.7 Å². The van der Waals surface area contributed by atoms with Gasteiger partial charge >= 0.3 is 0 Å². The first-order chi connectivity index (χ1) is 8.75. The number of benzene rings is 2. The lowest BCUT2D eigenvalue weighted by atomic mass is 10.3. The van der Waals surface area contributed by atoms with Gasteiger partial charge in [0.15, 0.2) is 0 Å². The van der Waals surface area contributed by atoms with Gasteiger partial charge in [-0.05, 0) is 24.3 Å². The molecule has 18 heavy (non-hydrogen) atoms. The van der Waals surface area contributed by atoms with Gasteiger partial charge in [-0.2, -0.15) is 0 Å². The SMILES string of the molecule is CC(C)P(Oc1ccccc1)Oc1ccccc1. The molecule has 0 fully saturated rings. The molecule has 0 N–H and O–H groups in total. The average Bonchev–Trinajstić information content (AvgIpc) is 2.40. The molecule has 0 bridgehead atoms. The van der Waals surface area contributed by atoms with Gasteiger partial charge in [0.2, 0.25) is 0 Å². The molecule has 2 aromatic rings. The summed E-state index contributed by atoms with van der Waals surface area (Å²) >= 11 is 0. The lowest BCUT2D eigenvalue weighted by Gasteiger charge is -2.21. The van der Waals surface area contributed by atoms with Gasteiger partial charge in [-0.1, -0.05) is 50.2 Å². The zero-order valence-electron chi connectivity index (χ0n) is 10.6. The highest BCUT2D eigenvalue weighted by Gasteiger charge is 2.19. The van der Waals surface area contributed by atoms with Crippen LogP contribution in [0.3, 0.4) is 0 Å². The van der Waals surface area contributed by atoms with E-state index in [1.165, 1.54) is 0 Å². The minimum absolute atomic E-state index is 0.334. The summed E-state index contributed by atoms with van der Waals surface area (Å²) in [6, 6.07) is 19.6. The lowest BCUT2D eigenvalue weighted by molar-refractivity contribution is 0.480. The summed E-state index contributed by atoms with van der Waals surface area (Å²) in [4.78, 5) is 0. The molecule has 0 radical (unpaired) electrons. The molecular weight excluding hydrogens is 243 g/mol. The molecule has 3 heteroatoms. The minimum atomic E-state index is -0.972. The minimum Gasteiger partial charge on any atom is -0.438 e. The first-order valence-electron chi connectivity index (χ1n) is 6.01. The summed E-state index contributed by atoms with van der Waals surface area (Å²) < 4.78 is 11.8. The first kappa shape index (κ1) is 12.9. The van der Waals surface area contributed by atoms with Crippen LogP contribution in [0, 0.1) is 0 Å². The van der Waals surface area contributed by atoms with E-state index < -0.39 is 8.38 Å². The molecule has 94 valence electrons. The van der Waals surface area contributed by atoms with Crippen molar-refractivity contribution in [2.24, 2.45) is 0 Å². The Morgan fingerprint density at radius 1 is 0.722 bits per heavy atom. The maximum absolute atomic E-state index is 5.92. The van der Waals surface area contributed by atoms with Crippen LogP contribution in [-0.2, 0) is 0 Å². The predicted octanol–water partition coefficient (Wildman–Crippen LogP) is 4.86. The van der Waals surface area contributed by atoms with Gasteiger partial charge in [-0.25, -0.2) is 0 Å². The Balaban J connectivity index is 2.05. The largest absolute Gasteiger partial charge is 0.438 e. The third-order valence-electron chi connectivity index (χ3n) is 2.30. The van der Waals surface area contributed by atoms with Crippen molar-refractivity contribution >= 4 is 8.38 Å². The summed E-state index contributed by atoms with van der Waals surface area (Å²) in [5.41, 5.74) is 0.334. The van der Waals surface area contributed by atoms with Crippen molar-refractivity contribution in [1.29, 1.82) is 0 Å². The fourth-order valence-corrected chi connectivity index (χ4v) is 2.52. The van der Waals surface area contributed by atoms with Gasteiger partial charge in [0.25, 0.3) is 8.38 Å². The predicted molar refractivity (Wildman–Crippen MR) is 76.2 cm³/mol. The normalized spacial score (nSPS) is 10.7. The van der Waals surface area contributed by atoms with Gasteiger partial charge in [0, 0.05) is 5.66 Å². The van der Waals surface area contributed by atoms with Crippen LogP contribution in [0.1, 0.15) is 13.8 Å². The van der Waals surface area contributed by atoms with Crippen LogP contribution in [0.5, 0.6) is 11.5 Å². The zero-order chi connectivity index (χ0) is 12.8. The Labute approximate surface area is 109 Å². The van der Waals surface area contributed by atoms with Crippen molar-refractivity contribution in [2.45, 2.75) is 19.5 Å². The Bertz CT molecular complexity index is 415. The van der Waals surface area contributed by atoms with Gasteiger partial charge in [0.05, 0.1) is 0 Å². The van der Waals surface area contributed by atoms with Crippen molar-refractivity contribution in [3.05, 3.63) is 60.7 Å². The van der Waals surface area contributed by atoms with E-state index in [0.29, 0.717) is 5.66 Å². The summed E-state index contributed by atoms with van der Waals surface area (Å²) in [6.07, 6.45) is 0. The molecule has 2 rings (SSSR count). The van der Waals surface area contributed by atoms with E-state index in [1.807, 2.05) is 60.7 Å². The van der Waals surface area contributed by atoms with Crippen LogP contribution in [0.25, 0.3) is 0 Å². The topological polar surface area (TPSA) is 18.5 Å². The molecule has 0 saturated heterocycles. The standard InChI is InChI=1S/C15H17O2P/c1-13(2)18(16-14-9-5-3-6-10-14)17-15-11-7-4-8-12-15/h3-13H,1-2H3. The molecule has 0 aliphatic heterocycles. The number of para-hydroxylation sites is 2. The molecule has 0 unspecified atom stereocenters.